The van der Waals surface area contributed by atoms with Crippen molar-refractivity contribution < 1.29 is 34.1 Å². The summed E-state index contributed by atoms with van der Waals surface area (Å²) in [6, 6.07) is 0. The van der Waals surface area contributed by atoms with Gasteiger partial charge in [0.2, 0.25) is 0 Å². The molecule has 1 aliphatic heterocycles. The Morgan fingerprint density at radius 1 is 1.50 bits per heavy atom. The minimum atomic E-state index is -4.73. The average molecular weight is 226 g/mol. The summed E-state index contributed by atoms with van der Waals surface area (Å²) in [7, 11) is -4.73. The first-order chi connectivity index (χ1) is 6.36. The Morgan fingerprint density at radius 2 is 2.07 bits per heavy atom. The predicted octanol–water partition coefficient (Wildman–Crippen LogP) is -1.80. The number of hydrogen-bond donors (Lipinski definition) is 4. The summed E-state index contributed by atoms with van der Waals surface area (Å²) in [6.07, 6.45) is -3.23. The second-order valence-electron chi connectivity index (χ2n) is 3.08. The van der Waals surface area contributed by atoms with Crippen molar-refractivity contribution in [3.8, 4) is 0 Å². The van der Waals surface area contributed by atoms with Gasteiger partial charge in [0.05, 0.1) is 6.10 Å². The highest BCUT2D eigenvalue weighted by Crippen LogP contribution is 2.44. The lowest BCUT2D eigenvalue weighted by molar-refractivity contribution is -0.119. The van der Waals surface area contributed by atoms with Crippen LogP contribution in [0.25, 0.3) is 0 Å². The zero-order valence-electron chi connectivity index (χ0n) is 7.05. The van der Waals surface area contributed by atoms with E-state index in [-0.39, 0.29) is 6.42 Å². The maximum absolute atomic E-state index is 10.6. The molecule has 0 aromatic heterocycles. The van der Waals surface area contributed by atoms with Crippen LogP contribution in [0, 0.1) is 0 Å². The smallest absolute Gasteiger partial charge is 0.356 e. The van der Waals surface area contributed by atoms with Gasteiger partial charge in [0.25, 0.3) is 0 Å². The molecule has 1 fully saturated rings. The standard InChI is InChI=1S/C6H11O7P/c7-2-3-1-4(8)5(13-3)6(9)14(10,11)12/h2-6,8-9H,1H2,(H2,10,11,12)/t3?,4-,5-,6?/m0/s1. The van der Waals surface area contributed by atoms with Crippen LogP contribution in [0.4, 0.5) is 0 Å². The number of rotatable bonds is 3. The van der Waals surface area contributed by atoms with E-state index in [9.17, 15) is 14.5 Å². The number of carbonyl (C=O) groups excluding carboxylic acids is 1. The predicted molar refractivity (Wildman–Crippen MR) is 43.4 cm³/mol. The first-order valence-electron chi connectivity index (χ1n) is 3.88. The van der Waals surface area contributed by atoms with Crippen molar-refractivity contribution in [1.29, 1.82) is 0 Å². The molecule has 0 aromatic rings. The first kappa shape index (κ1) is 11.8. The van der Waals surface area contributed by atoms with Crippen LogP contribution in [0.15, 0.2) is 0 Å². The quantitative estimate of drug-likeness (QED) is 0.330. The van der Waals surface area contributed by atoms with Crippen LogP contribution in [0.5, 0.6) is 0 Å². The highest BCUT2D eigenvalue weighted by Gasteiger charge is 2.45. The van der Waals surface area contributed by atoms with Gasteiger partial charge in [0, 0.05) is 6.42 Å². The van der Waals surface area contributed by atoms with Crippen molar-refractivity contribution in [1.82, 2.24) is 0 Å². The first-order valence-corrected chi connectivity index (χ1v) is 5.56. The number of hydrogen-bond acceptors (Lipinski definition) is 5. The number of aldehydes is 1. The lowest BCUT2D eigenvalue weighted by Gasteiger charge is -2.21. The van der Waals surface area contributed by atoms with Crippen molar-refractivity contribution in [3.05, 3.63) is 0 Å². The van der Waals surface area contributed by atoms with Gasteiger partial charge < -0.3 is 29.5 Å². The minimum Gasteiger partial charge on any atom is -0.390 e. The molecular formula is C6H11O7P. The SMILES string of the molecule is O=CC1C[C@H](O)[C@@H](C(O)P(=O)(O)O)O1. The third-order valence-corrected chi connectivity index (χ3v) is 2.96. The summed E-state index contributed by atoms with van der Waals surface area (Å²) in [6.45, 7) is 0. The molecule has 1 aliphatic rings. The highest BCUT2D eigenvalue weighted by molar-refractivity contribution is 7.52. The number of aliphatic hydroxyl groups excluding tert-OH is 2. The van der Waals surface area contributed by atoms with Gasteiger partial charge in [-0.3, -0.25) is 4.57 Å². The summed E-state index contributed by atoms with van der Waals surface area (Å²) < 4.78 is 15.4. The molecule has 4 N–H and O–H groups in total. The van der Waals surface area contributed by atoms with Crippen LogP contribution in [-0.4, -0.2) is 50.4 Å². The average Bonchev–Trinajstić information content (AvgIpc) is 2.43. The fourth-order valence-corrected chi connectivity index (χ4v) is 1.92. The summed E-state index contributed by atoms with van der Waals surface area (Å²) in [4.78, 5) is 27.5. The molecule has 0 bridgehead atoms. The normalized spacial score (nSPS) is 35.6. The molecule has 0 aliphatic carbocycles. The number of carbonyl (C=O) groups is 1. The van der Waals surface area contributed by atoms with E-state index in [0.717, 1.165) is 0 Å². The van der Waals surface area contributed by atoms with E-state index >= 15 is 0 Å². The van der Waals surface area contributed by atoms with Crippen molar-refractivity contribution in [3.63, 3.8) is 0 Å². The van der Waals surface area contributed by atoms with Gasteiger partial charge in [-0.2, -0.15) is 0 Å². The molecule has 14 heavy (non-hydrogen) atoms. The highest BCUT2D eigenvalue weighted by atomic mass is 31.2. The Kier molecular flexibility index (Phi) is 3.41. The van der Waals surface area contributed by atoms with Crippen molar-refractivity contribution in [2.45, 2.75) is 30.6 Å². The fraction of sp³-hybridized carbons (Fsp3) is 0.833. The van der Waals surface area contributed by atoms with Crippen LogP contribution in [0.3, 0.4) is 0 Å². The third-order valence-electron chi connectivity index (χ3n) is 1.98. The van der Waals surface area contributed by atoms with E-state index in [1.165, 1.54) is 0 Å². The maximum atomic E-state index is 10.6. The molecule has 0 saturated carbocycles. The Bertz CT molecular complexity index is 261. The molecule has 7 nitrogen and oxygen atoms in total. The molecule has 0 aromatic carbocycles. The largest absolute Gasteiger partial charge is 0.390 e. The molecule has 8 heteroatoms. The topological polar surface area (TPSA) is 124 Å². The molecule has 4 atom stereocenters. The molecule has 0 radical (unpaired) electrons. The Hall–Kier alpha value is -0.300. The Balaban J connectivity index is 2.70. The van der Waals surface area contributed by atoms with E-state index in [1.807, 2.05) is 0 Å². The minimum absolute atomic E-state index is 0.0643. The lowest BCUT2D eigenvalue weighted by atomic mass is 10.1. The van der Waals surface area contributed by atoms with Crippen LogP contribution in [0.1, 0.15) is 6.42 Å². The summed E-state index contributed by atoms with van der Waals surface area (Å²) in [5, 5.41) is 18.3. The van der Waals surface area contributed by atoms with Gasteiger partial charge in [0.1, 0.15) is 18.5 Å². The van der Waals surface area contributed by atoms with Crippen molar-refractivity contribution in [2.24, 2.45) is 0 Å². The molecule has 1 heterocycles. The van der Waals surface area contributed by atoms with Crippen molar-refractivity contribution in [2.75, 3.05) is 0 Å². The molecule has 1 saturated heterocycles. The Morgan fingerprint density at radius 3 is 2.43 bits per heavy atom. The van der Waals surface area contributed by atoms with Crippen LogP contribution < -0.4 is 0 Å². The number of ether oxygens (including phenoxy) is 1. The zero-order chi connectivity index (χ0) is 10.9. The molecule has 0 amide bonds. The van der Waals surface area contributed by atoms with Crippen LogP contribution in [0.2, 0.25) is 0 Å². The Labute approximate surface area is 79.5 Å². The van der Waals surface area contributed by atoms with Gasteiger partial charge >= 0.3 is 7.60 Å². The van der Waals surface area contributed by atoms with Crippen LogP contribution in [-0.2, 0) is 14.1 Å². The third kappa shape index (κ3) is 2.38. The molecular weight excluding hydrogens is 215 g/mol. The summed E-state index contributed by atoms with van der Waals surface area (Å²) in [5.74, 6) is -2.09. The molecule has 1 rings (SSSR count). The van der Waals surface area contributed by atoms with E-state index < -0.39 is 31.8 Å². The second kappa shape index (κ2) is 4.06. The molecule has 82 valence electrons. The van der Waals surface area contributed by atoms with Gasteiger partial charge in [-0.05, 0) is 0 Å². The second-order valence-corrected chi connectivity index (χ2v) is 4.79. The zero-order valence-corrected chi connectivity index (χ0v) is 7.95. The van der Waals surface area contributed by atoms with Crippen molar-refractivity contribution >= 4 is 13.9 Å². The van der Waals surface area contributed by atoms with E-state index in [4.69, 9.17) is 19.6 Å². The molecule has 0 spiro atoms. The van der Waals surface area contributed by atoms with E-state index in [2.05, 4.69) is 0 Å². The van der Waals surface area contributed by atoms with Gasteiger partial charge in [0.15, 0.2) is 5.85 Å². The summed E-state index contributed by atoms with van der Waals surface area (Å²) in [5.41, 5.74) is 0. The molecule has 2 unspecified atom stereocenters. The maximum Gasteiger partial charge on any atom is 0.356 e. The van der Waals surface area contributed by atoms with Crippen LogP contribution >= 0.6 is 7.60 Å². The van der Waals surface area contributed by atoms with E-state index in [1.54, 1.807) is 0 Å². The fourth-order valence-electron chi connectivity index (χ4n) is 1.27. The monoisotopic (exact) mass is 226 g/mol. The number of aliphatic hydroxyl groups is 2. The summed E-state index contributed by atoms with van der Waals surface area (Å²) >= 11 is 0. The van der Waals surface area contributed by atoms with Gasteiger partial charge in [-0.25, -0.2) is 0 Å². The van der Waals surface area contributed by atoms with E-state index in [0.29, 0.717) is 6.29 Å². The van der Waals surface area contributed by atoms with Gasteiger partial charge in [-0.15, -0.1) is 0 Å². The van der Waals surface area contributed by atoms with Gasteiger partial charge in [-0.1, -0.05) is 0 Å². The lowest BCUT2D eigenvalue weighted by Crippen LogP contribution is -2.34.